The number of hydrogen-bond donors (Lipinski definition) is 1. The largest absolute Gasteiger partial charge is 0.440 e. The predicted octanol–water partition coefficient (Wildman–Crippen LogP) is 5.49. The first kappa shape index (κ1) is 19.3. The lowest BCUT2D eigenvalue weighted by molar-refractivity contribution is 0.0739. The molecule has 5 nitrogen and oxygen atoms in total. The number of benzene rings is 2. The summed E-state index contributed by atoms with van der Waals surface area (Å²) in [6.45, 7) is 0. The van der Waals surface area contributed by atoms with Crippen LogP contribution in [-0.2, 0) is 0 Å². The Morgan fingerprint density at radius 1 is 1.17 bits per heavy atom. The van der Waals surface area contributed by atoms with Crippen molar-refractivity contribution in [1.29, 1.82) is 5.26 Å². The highest BCUT2D eigenvalue weighted by Crippen LogP contribution is 2.44. The van der Waals surface area contributed by atoms with Crippen LogP contribution in [0, 0.1) is 11.3 Å². The van der Waals surface area contributed by atoms with Gasteiger partial charge in [0.25, 0.3) is 0 Å². The molecule has 3 aromatic rings. The van der Waals surface area contributed by atoms with E-state index in [0.717, 1.165) is 5.56 Å². The molecule has 8 heteroatoms. The third kappa shape index (κ3) is 3.68. The van der Waals surface area contributed by atoms with Gasteiger partial charge in [-0.2, -0.15) is 5.26 Å². The zero-order valence-corrected chi connectivity index (χ0v) is 17.0. The van der Waals surface area contributed by atoms with E-state index in [1.165, 1.54) is 11.3 Å². The van der Waals surface area contributed by atoms with Gasteiger partial charge in [-0.25, -0.2) is 4.79 Å². The Labute approximate surface area is 180 Å². The van der Waals surface area contributed by atoms with E-state index in [9.17, 15) is 10.1 Å². The summed E-state index contributed by atoms with van der Waals surface area (Å²) < 4.78 is 11.1. The fraction of sp³-hybridized carbons (Fsp3) is 0.0476. The number of halogens is 2. The average molecular weight is 443 g/mol. The smallest absolute Gasteiger partial charge is 0.353 e. The van der Waals surface area contributed by atoms with Crippen molar-refractivity contribution in [3.8, 4) is 17.6 Å². The molecule has 4 rings (SSSR count). The second-order valence-electron chi connectivity index (χ2n) is 6.16. The van der Waals surface area contributed by atoms with Crippen molar-refractivity contribution in [2.24, 2.45) is 5.73 Å². The molecule has 0 saturated carbocycles. The van der Waals surface area contributed by atoms with E-state index >= 15 is 0 Å². The third-order valence-electron chi connectivity index (χ3n) is 4.40. The first-order chi connectivity index (χ1) is 14.0. The van der Waals surface area contributed by atoms with Crippen molar-refractivity contribution in [1.82, 2.24) is 0 Å². The molecule has 29 heavy (non-hydrogen) atoms. The molecule has 2 heterocycles. The SMILES string of the molecule is N#CC1=C(N)Oc2cc(OC(=O)c3cccs3)ccc2C1c1ccc(Cl)c(Cl)c1. The van der Waals surface area contributed by atoms with Crippen LogP contribution in [0.2, 0.25) is 10.0 Å². The number of esters is 1. The Hall–Kier alpha value is -2.98. The molecular formula is C21H12Cl2N2O3S. The standard InChI is InChI=1S/C21H12Cl2N2O3S/c22-15-6-3-11(8-16(15)23)19-13-5-4-12(27-21(26)18-2-1-7-29-18)9-17(13)28-20(25)14(19)10-24/h1-9,19H,25H2. The van der Waals surface area contributed by atoms with E-state index in [4.69, 9.17) is 38.4 Å². The summed E-state index contributed by atoms with van der Waals surface area (Å²) in [5.41, 5.74) is 7.70. The molecule has 144 valence electrons. The number of nitrogens with zero attached hydrogens (tertiary/aromatic N) is 1. The molecule has 0 aliphatic carbocycles. The minimum atomic E-state index is -0.486. The maximum absolute atomic E-state index is 12.2. The van der Waals surface area contributed by atoms with Crippen LogP contribution in [0.3, 0.4) is 0 Å². The molecule has 1 atom stereocenters. The lowest BCUT2D eigenvalue weighted by Crippen LogP contribution is -2.21. The number of fused-ring (bicyclic) bond motifs is 1. The molecule has 1 unspecified atom stereocenters. The van der Waals surface area contributed by atoms with Crippen LogP contribution in [0.4, 0.5) is 0 Å². The van der Waals surface area contributed by atoms with Gasteiger partial charge in [-0.3, -0.25) is 0 Å². The fourth-order valence-electron chi connectivity index (χ4n) is 3.09. The summed E-state index contributed by atoms with van der Waals surface area (Å²) in [5, 5.41) is 12.2. The maximum atomic E-state index is 12.2. The number of carbonyl (C=O) groups is 1. The zero-order valence-electron chi connectivity index (χ0n) is 14.7. The molecule has 1 aliphatic heterocycles. The van der Waals surface area contributed by atoms with Crippen molar-refractivity contribution >= 4 is 40.5 Å². The van der Waals surface area contributed by atoms with Crippen LogP contribution in [0.15, 0.2) is 65.4 Å². The molecule has 1 aromatic heterocycles. The quantitative estimate of drug-likeness (QED) is 0.427. The third-order valence-corrected chi connectivity index (χ3v) is 5.99. The number of hydrogen-bond acceptors (Lipinski definition) is 6. The van der Waals surface area contributed by atoms with Gasteiger partial charge in [0.1, 0.15) is 28.0 Å². The summed E-state index contributed by atoms with van der Waals surface area (Å²) in [7, 11) is 0. The van der Waals surface area contributed by atoms with Crippen molar-refractivity contribution < 1.29 is 14.3 Å². The summed E-state index contributed by atoms with van der Waals surface area (Å²) >= 11 is 13.5. The fourth-order valence-corrected chi connectivity index (χ4v) is 3.99. The summed E-state index contributed by atoms with van der Waals surface area (Å²) in [6.07, 6.45) is 0. The van der Waals surface area contributed by atoms with Gasteiger partial charge in [-0.05, 0) is 35.2 Å². The normalized spacial score (nSPS) is 15.3. The molecule has 0 saturated heterocycles. The van der Waals surface area contributed by atoms with E-state index in [0.29, 0.717) is 32.0 Å². The number of carbonyl (C=O) groups excluding carboxylic acids is 1. The minimum absolute atomic E-state index is 0.0159. The molecule has 2 N–H and O–H groups in total. The number of nitriles is 1. The average Bonchev–Trinajstić information content (AvgIpc) is 3.24. The highest BCUT2D eigenvalue weighted by Gasteiger charge is 2.31. The second-order valence-corrected chi connectivity index (χ2v) is 7.93. The molecule has 0 radical (unpaired) electrons. The van der Waals surface area contributed by atoms with Crippen molar-refractivity contribution in [2.75, 3.05) is 0 Å². The first-order valence-corrected chi connectivity index (χ1v) is 10.0. The van der Waals surface area contributed by atoms with Crippen LogP contribution < -0.4 is 15.2 Å². The molecule has 1 aliphatic rings. The van der Waals surface area contributed by atoms with Crippen LogP contribution in [0.1, 0.15) is 26.7 Å². The summed E-state index contributed by atoms with van der Waals surface area (Å²) in [6, 6.07) is 15.7. The topological polar surface area (TPSA) is 85.3 Å². The van der Waals surface area contributed by atoms with Crippen LogP contribution in [0.5, 0.6) is 11.5 Å². The van der Waals surface area contributed by atoms with E-state index in [1.54, 1.807) is 53.9 Å². The number of ether oxygens (including phenoxy) is 2. The van der Waals surface area contributed by atoms with Gasteiger partial charge in [-0.1, -0.05) is 41.4 Å². The monoisotopic (exact) mass is 442 g/mol. The molecule has 0 amide bonds. The number of nitrogens with two attached hydrogens (primary N) is 1. The van der Waals surface area contributed by atoms with Gasteiger partial charge in [0, 0.05) is 11.6 Å². The number of allylic oxidation sites excluding steroid dienone is 1. The van der Waals surface area contributed by atoms with Gasteiger partial charge in [0.15, 0.2) is 0 Å². The molecule has 2 aromatic carbocycles. The minimum Gasteiger partial charge on any atom is -0.440 e. The Kier molecular flexibility index (Phi) is 5.20. The van der Waals surface area contributed by atoms with Gasteiger partial charge in [0.2, 0.25) is 5.88 Å². The van der Waals surface area contributed by atoms with Gasteiger partial charge in [-0.15, -0.1) is 11.3 Å². The van der Waals surface area contributed by atoms with Crippen LogP contribution in [-0.4, -0.2) is 5.97 Å². The van der Waals surface area contributed by atoms with E-state index in [-0.39, 0.29) is 11.5 Å². The Balaban J connectivity index is 1.74. The highest BCUT2D eigenvalue weighted by atomic mass is 35.5. The van der Waals surface area contributed by atoms with Crippen molar-refractivity contribution in [3.63, 3.8) is 0 Å². The number of rotatable bonds is 3. The number of thiophene rings is 1. The Bertz CT molecular complexity index is 1180. The highest BCUT2D eigenvalue weighted by molar-refractivity contribution is 7.12. The Morgan fingerprint density at radius 2 is 2.00 bits per heavy atom. The predicted molar refractivity (Wildman–Crippen MR) is 111 cm³/mol. The van der Waals surface area contributed by atoms with Crippen molar-refractivity contribution in [3.05, 3.63) is 91.4 Å². The van der Waals surface area contributed by atoms with Gasteiger partial charge < -0.3 is 15.2 Å². The molecule has 0 spiro atoms. The lowest BCUT2D eigenvalue weighted by Gasteiger charge is -2.27. The zero-order chi connectivity index (χ0) is 20.5. The van der Waals surface area contributed by atoms with E-state index < -0.39 is 11.9 Å². The maximum Gasteiger partial charge on any atom is 0.353 e. The van der Waals surface area contributed by atoms with Crippen molar-refractivity contribution in [2.45, 2.75) is 5.92 Å². The molecule has 0 bridgehead atoms. The van der Waals surface area contributed by atoms with Crippen LogP contribution in [0.25, 0.3) is 0 Å². The second kappa shape index (κ2) is 7.80. The van der Waals surface area contributed by atoms with Gasteiger partial charge >= 0.3 is 5.97 Å². The van der Waals surface area contributed by atoms with E-state index in [1.807, 2.05) is 0 Å². The Morgan fingerprint density at radius 3 is 2.69 bits per heavy atom. The summed E-state index contributed by atoms with van der Waals surface area (Å²) in [4.78, 5) is 12.7. The molecule has 0 fully saturated rings. The van der Waals surface area contributed by atoms with E-state index in [2.05, 4.69) is 6.07 Å². The first-order valence-electron chi connectivity index (χ1n) is 8.40. The van der Waals surface area contributed by atoms with Crippen LogP contribution >= 0.6 is 34.5 Å². The lowest BCUT2D eigenvalue weighted by atomic mass is 9.83. The summed E-state index contributed by atoms with van der Waals surface area (Å²) in [5.74, 6) is -0.256. The molecular weight excluding hydrogens is 431 g/mol. The van der Waals surface area contributed by atoms with Gasteiger partial charge in [0.05, 0.1) is 16.0 Å².